The third-order valence-corrected chi connectivity index (χ3v) is 6.57. The fraction of sp³-hybridized carbons (Fsp3) is 0.433. The molecule has 2 aromatic heterocycles. The van der Waals surface area contributed by atoms with Gasteiger partial charge in [-0.15, -0.1) is 0 Å². The topological polar surface area (TPSA) is 79.7 Å². The van der Waals surface area contributed by atoms with E-state index in [0.29, 0.717) is 32.1 Å². The molecule has 0 unspecified atom stereocenters. The molecule has 4 rings (SSSR count). The lowest BCUT2D eigenvalue weighted by atomic mass is 10.0. The number of anilines is 1. The Bertz CT molecular complexity index is 1310. The lowest BCUT2D eigenvalue weighted by Crippen LogP contribution is -2.42. The van der Waals surface area contributed by atoms with Gasteiger partial charge in [-0.1, -0.05) is 30.0 Å². The number of piperidine rings is 1. The van der Waals surface area contributed by atoms with E-state index in [1.54, 1.807) is 35.3 Å². The SMILES string of the molecule is CN(C(=O)NCCCC#Cc1cn(C2CCN(C(=O)OC(C)(C)C)CC2)c2ccccc12)c1cccnc1. The quantitative estimate of drug-likeness (QED) is 0.355. The number of amides is 3. The van der Waals surface area contributed by atoms with E-state index in [0.717, 1.165) is 35.9 Å². The number of benzene rings is 1. The van der Waals surface area contributed by atoms with E-state index in [4.69, 9.17) is 4.74 Å². The number of carbonyl (C=O) groups is 2. The Labute approximate surface area is 225 Å². The molecule has 0 atom stereocenters. The Morgan fingerprint density at radius 1 is 1.16 bits per heavy atom. The summed E-state index contributed by atoms with van der Waals surface area (Å²) >= 11 is 0. The lowest BCUT2D eigenvalue weighted by molar-refractivity contribution is 0.0189. The molecular formula is C30H37N5O3. The average molecular weight is 516 g/mol. The fourth-order valence-corrected chi connectivity index (χ4v) is 4.58. The number of likely N-dealkylation sites (tertiary alicyclic amines) is 1. The van der Waals surface area contributed by atoms with Gasteiger partial charge < -0.3 is 19.5 Å². The summed E-state index contributed by atoms with van der Waals surface area (Å²) in [5.74, 6) is 6.63. The van der Waals surface area contributed by atoms with E-state index in [9.17, 15) is 9.59 Å². The molecule has 1 saturated heterocycles. The number of rotatable bonds is 5. The molecule has 1 N–H and O–H groups in total. The van der Waals surface area contributed by atoms with Crippen molar-refractivity contribution in [3.63, 3.8) is 0 Å². The van der Waals surface area contributed by atoms with Crippen molar-refractivity contribution in [1.82, 2.24) is 19.8 Å². The molecule has 3 amide bonds. The lowest BCUT2D eigenvalue weighted by Gasteiger charge is -2.34. The molecule has 0 spiro atoms. The zero-order valence-electron chi connectivity index (χ0n) is 22.7. The van der Waals surface area contributed by atoms with Crippen molar-refractivity contribution in [2.75, 3.05) is 31.6 Å². The van der Waals surface area contributed by atoms with Crippen molar-refractivity contribution in [2.24, 2.45) is 0 Å². The molecule has 1 aliphatic rings. The van der Waals surface area contributed by atoms with Crippen LogP contribution in [0.1, 0.15) is 58.1 Å². The zero-order chi connectivity index (χ0) is 27.1. The Morgan fingerprint density at radius 3 is 2.63 bits per heavy atom. The van der Waals surface area contributed by atoms with Crippen LogP contribution in [0.3, 0.4) is 0 Å². The molecule has 0 saturated carbocycles. The van der Waals surface area contributed by atoms with Gasteiger partial charge in [0.05, 0.1) is 17.4 Å². The van der Waals surface area contributed by atoms with Crippen LogP contribution in [-0.4, -0.2) is 58.9 Å². The largest absolute Gasteiger partial charge is 0.444 e. The van der Waals surface area contributed by atoms with Crippen molar-refractivity contribution in [3.8, 4) is 11.8 Å². The van der Waals surface area contributed by atoms with E-state index in [-0.39, 0.29) is 12.1 Å². The van der Waals surface area contributed by atoms with Crippen LogP contribution >= 0.6 is 0 Å². The number of para-hydroxylation sites is 1. The summed E-state index contributed by atoms with van der Waals surface area (Å²) in [4.78, 5) is 32.2. The second kappa shape index (κ2) is 12.0. The number of hydrogen-bond donors (Lipinski definition) is 1. The Balaban J connectivity index is 1.32. The number of hydrogen-bond acceptors (Lipinski definition) is 4. The van der Waals surface area contributed by atoms with Crippen molar-refractivity contribution in [1.29, 1.82) is 0 Å². The van der Waals surface area contributed by atoms with E-state index in [1.807, 2.05) is 32.9 Å². The van der Waals surface area contributed by atoms with Crippen LogP contribution in [0.4, 0.5) is 15.3 Å². The Morgan fingerprint density at radius 2 is 1.92 bits per heavy atom. The maximum absolute atomic E-state index is 12.5. The molecule has 38 heavy (non-hydrogen) atoms. The molecule has 8 heteroatoms. The van der Waals surface area contributed by atoms with Crippen LogP contribution in [0.15, 0.2) is 55.0 Å². The zero-order valence-corrected chi connectivity index (χ0v) is 22.7. The van der Waals surface area contributed by atoms with Gasteiger partial charge in [-0.2, -0.15) is 0 Å². The maximum atomic E-state index is 12.5. The fourth-order valence-electron chi connectivity index (χ4n) is 4.58. The van der Waals surface area contributed by atoms with Crippen LogP contribution in [0, 0.1) is 11.8 Å². The van der Waals surface area contributed by atoms with Crippen LogP contribution in [0.5, 0.6) is 0 Å². The van der Waals surface area contributed by atoms with Gasteiger partial charge in [0.15, 0.2) is 0 Å². The predicted molar refractivity (Wildman–Crippen MR) is 150 cm³/mol. The summed E-state index contributed by atoms with van der Waals surface area (Å²) in [7, 11) is 1.73. The van der Waals surface area contributed by atoms with Crippen molar-refractivity contribution >= 4 is 28.7 Å². The molecule has 0 aliphatic carbocycles. The summed E-state index contributed by atoms with van der Waals surface area (Å²) in [6, 6.07) is 12.1. The van der Waals surface area contributed by atoms with Crippen molar-refractivity contribution in [3.05, 3.63) is 60.6 Å². The second-order valence-corrected chi connectivity index (χ2v) is 10.6. The van der Waals surface area contributed by atoms with Crippen molar-refractivity contribution in [2.45, 2.75) is 58.1 Å². The van der Waals surface area contributed by atoms with Gasteiger partial charge in [-0.25, -0.2) is 9.59 Å². The van der Waals surface area contributed by atoms with Gasteiger partial charge in [-0.3, -0.25) is 9.88 Å². The van der Waals surface area contributed by atoms with Crippen LogP contribution in [0.2, 0.25) is 0 Å². The first kappa shape index (κ1) is 27.1. The minimum absolute atomic E-state index is 0.160. The van der Waals surface area contributed by atoms with Gasteiger partial charge in [-0.05, 0) is 58.2 Å². The highest BCUT2D eigenvalue weighted by Gasteiger charge is 2.28. The number of nitrogens with one attached hydrogen (secondary N) is 1. The van der Waals surface area contributed by atoms with Gasteiger partial charge in [0.25, 0.3) is 0 Å². The Kier molecular flexibility index (Phi) is 8.57. The minimum atomic E-state index is -0.486. The van der Waals surface area contributed by atoms with Gasteiger partial charge in [0.1, 0.15) is 5.60 Å². The average Bonchev–Trinajstić information content (AvgIpc) is 3.28. The summed E-state index contributed by atoms with van der Waals surface area (Å²) in [6.45, 7) is 7.58. The van der Waals surface area contributed by atoms with Gasteiger partial charge >= 0.3 is 12.1 Å². The first-order valence-electron chi connectivity index (χ1n) is 13.2. The second-order valence-electron chi connectivity index (χ2n) is 10.6. The molecule has 1 aliphatic heterocycles. The highest BCUT2D eigenvalue weighted by atomic mass is 16.6. The van der Waals surface area contributed by atoms with Crippen LogP contribution < -0.4 is 10.2 Å². The van der Waals surface area contributed by atoms with Gasteiger partial charge in [0.2, 0.25) is 0 Å². The highest BCUT2D eigenvalue weighted by Crippen LogP contribution is 2.30. The normalized spacial score (nSPS) is 14.1. The third kappa shape index (κ3) is 6.86. The molecule has 1 fully saturated rings. The summed E-state index contributed by atoms with van der Waals surface area (Å²) in [5, 5.41) is 4.07. The smallest absolute Gasteiger partial charge is 0.410 e. The molecule has 3 aromatic rings. The highest BCUT2D eigenvalue weighted by molar-refractivity contribution is 5.91. The summed E-state index contributed by atoms with van der Waals surface area (Å²) in [5.41, 5.74) is 2.44. The molecule has 200 valence electrons. The Hall–Kier alpha value is -3.99. The number of nitrogens with zero attached hydrogens (tertiary/aromatic N) is 4. The number of urea groups is 1. The standard InChI is InChI=1S/C30H37N5O3/c1-30(2,3)38-29(37)34-19-15-24(16-20-34)35-22-23(26-13-7-8-14-27(26)35)11-6-5-9-18-32-28(36)33(4)25-12-10-17-31-21-25/h7-8,10,12-14,17,21-22,24H,5,9,15-16,18-20H2,1-4H3,(H,32,36). The number of fused-ring (bicyclic) bond motifs is 1. The molecule has 1 aromatic carbocycles. The number of ether oxygens (including phenoxy) is 1. The molecule has 0 bridgehead atoms. The maximum Gasteiger partial charge on any atom is 0.410 e. The van der Waals surface area contributed by atoms with E-state index >= 15 is 0 Å². The minimum Gasteiger partial charge on any atom is -0.444 e. The molecule has 0 radical (unpaired) electrons. The van der Waals surface area contributed by atoms with Crippen LogP contribution in [0.25, 0.3) is 10.9 Å². The summed E-state index contributed by atoms with van der Waals surface area (Å²) < 4.78 is 7.86. The van der Waals surface area contributed by atoms with Crippen LogP contribution in [-0.2, 0) is 4.74 Å². The number of aromatic nitrogens is 2. The van der Waals surface area contributed by atoms with Gasteiger partial charge in [0, 0.05) is 62.4 Å². The summed E-state index contributed by atoms with van der Waals surface area (Å²) in [6.07, 6.45) is 8.45. The monoisotopic (exact) mass is 515 g/mol. The molecular weight excluding hydrogens is 478 g/mol. The number of carbonyl (C=O) groups excluding carboxylic acids is 2. The number of pyridine rings is 1. The predicted octanol–water partition coefficient (Wildman–Crippen LogP) is 5.59. The first-order chi connectivity index (χ1) is 18.2. The third-order valence-electron chi connectivity index (χ3n) is 6.57. The van der Waals surface area contributed by atoms with Crippen molar-refractivity contribution < 1.29 is 14.3 Å². The van der Waals surface area contributed by atoms with E-state index < -0.39 is 5.60 Å². The number of unbranched alkanes of at least 4 members (excludes halogenated alkanes) is 1. The molecule has 8 nitrogen and oxygen atoms in total. The van der Waals surface area contributed by atoms with E-state index in [2.05, 4.69) is 51.1 Å². The first-order valence-corrected chi connectivity index (χ1v) is 13.2. The van der Waals surface area contributed by atoms with E-state index in [1.165, 1.54) is 5.52 Å². The molecule has 3 heterocycles.